The molecule has 0 fully saturated rings. The molecule has 1 aromatic rings. The topological polar surface area (TPSA) is 110 Å². The van der Waals surface area contributed by atoms with Crippen molar-refractivity contribution >= 4 is 34.2 Å². The van der Waals surface area contributed by atoms with Gasteiger partial charge in [-0.3, -0.25) is 14.5 Å². The smallest absolute Gasteiger partial charge is 0.328 e. The Morgan fingerprint density at radius 3 is 2.60 bits per heavy atom. The van der Waals surface area contributed by atoms with Gasteiger partial charge in [-0.15, -0.1) is 11.3 Å². The fraction of sp³-hybridized carbons (Fsp3) is 0.417. The van der Waals surface area contributed by atoms with Gasteiger partial charge in [0.05, 0.1) is 24.6 Å². The normalized spacial score (nSPS) is 13.3. The van der Waals surface area contributed by atoms with E-state index in [9.17, 15) is 14.4 Å². The lowest BCUT2D eigenvalue weighted by molar-refractivity contribution is -0.143. The number of ether oxygens (including phenoxy) is 1. The minimum Gasteiger partial charge on any atom is -0.481 e. The molecule has 1 amide bonds. The summed E-state index contributed by atoms with van der Waals surface area (Å²) in [6.07, 6.45) is -0.505. The number of nitrogens with two attached hydrogens (primary N) is 1. The molecule has 2 atom stereocenters. The molecule has 0 unspecified atom stereocenters. The number of anilines is 1. The Bertz CT molecular complexity index is 488. The molecule has 0 aromatic carbocycles. The molecule has 0 aliphatic carbocycles. The van der Waals surface area contributed by atoms with Crippen molar-refractivity contribution in [2.75, 3.05) is 12.0 Å². The van der Waals surface area contributed by atoms with Crippen LogP contribution in [-0.2, 0) is 19.1 Å². The van der Waals surface area contributed by atoms with Crippen LogP contribution in [0.4, 0.5) is 5.00 Å². The molecular weight excluding hydrogens is 284 g/mol. The number of amides is 1. The molecule has 8 heteroatoms. The summed E-state index contributed by atoms with van der Waals surface area (Å²) in [6, 6.07) is 1.26. The molecule has 7 nitrogen and oxygen atoms in total. The number of esters is 1. The third-order valence-corrected chi connectivity index (χ3v) is 3.49. The minimum absolute atomic E-state index is 0.505. The van der Waals surface area contributed by atoms with Crippen LogP contribution in [0.2, 0.25) is 0 Å². The van der Waals surface area contributed by atoms with Crippen LogP contribution in [0.15, 0.2) is 17.5 Å². The Labute approximate surface area is 119 Å². The highest BCUT2D eigenvalue weighted by atomic mass is 32.1. The number of carbonyl (C=O) groups is 3. The predicted octanol–water partition coefficient (Wildman–Crippen LogP) is 0.445. The van der Waals surface area contributed by atoms with E-state index in [1.54, 1.807) is 17.5 Å². The largest absolute Gasteiger partial charge is 0.481 e. The zero-order valence-electron chi connectivity index (χ0n) is 11.1. The first-order chi connectivity index (χ1) is 9.38. The third-order valence-electron chi connectivity index (χ3n) is 2.62. The standard InChI is InChI=1S/C12H16N2O5S/c1-7(12(18)19-2)14(9-4-3-5-20-9)11(17)8(13)6-10(15)16/h3-5,7-8H,6,13H2,1-2H3,(H,15,16)/t7-,8-/m0/s1. The number of carboxylic acids is 1. The van der Waals surface area contributed by atoms with Crippen molar-refractivity contribution in [2.24, 2.45) is 5.73 Å². The Balaban J connectivity index is 3.02. The number of methoxy groups -OCH3 is 1. The summed E-state index contributed by atoms with van der Waals surface area (Å²) in [5, 5.41) is 10.9. The summed E-state index contributed by atoms with van der Waals surface area (Å²) in [7, 11) is 1.22. The van der Waals surface area contributed by atoms with Crippen molar-refractivity contribution in [1.82, 2.24) is 0 Å². The van der Waals surface area contributed by atoms with Gasteiger partial charge in [-0.2, -0.15) is 0 Å². The van der Waals surface area contributed by atoms with Crippen molar-refractivity contribution in [3.05, 3.63) is 17.5 Å². The molecular formula is C12H16N2O5S. The first kappa shape index (κ1) is 16.1. The highest BCUT2D eigenvalue weighted by Crippen LogP contribution is 2.25. The highest BCUT2D eigenvalue weighted by molar-refractivity contribution is 7.14. The summed E-state index contributed by atoms with van der Waals surface area (Å²) in [4.78, 5) is 35.7. The third kappa shape index (κ3) is 3.78. The lowest BCUT2D eigenvalue weighted by atomic mass is 10.1. The lowest BCUT2D eigenvalue weighted by Crippen LogP contribution is -2.51. The molecule has 20 heavy (non-hydrogen) atoms. The quantitative estimate of drug-likeness (QED) is 0.738. The molecule has 110 valence electrons. The zero-order chi connectivity index (χ0) is 15.3. The van der Waals surface area contributed by atoms with Gasteiger partial charge in [0.25, 0.3) is 0 Å². The highest BCUT2D eigenvalue weighted by Gasteiger charge is 2.32. The Hall–Kier alpha value is -1.93. The van der Waals surface area contributed by atoms with Gasteiger partial charge >= 0.3 is 11.9 Å². The van der Waals surface area contributed by atoms with Gasteiger partial charge in [-0.05, 0) is 24.4 Å². The monoisotopic (exact) mass is 300 g/mol. The number of hydrogen-bond acceptors (Lipinski definition) is 6. The zero-order valence-corrected chi connectivity index (χ0v) is 11.9. The van der Waals surface area contributed by atoms with Crippen molar-refractivity contribution in [2.45, 2.75) is 25.4 Å². The van der Waals surface area contributed by atoms with E-state index < -0.39 is 36.4 Å². The van der Waals surface area contributed by atoms with Crippen molar-refractivity contribution in [3.8, 4) is 0 Å². The number of rotatable bonds is 6. The van der Waals surface area contributed by atoms with Crippen molar-refractivity contribution < 1.29 is 24.2 Å². The molecule has 1 aromatic heterocycles. The van der Waals surface area contributed by atoms with E-state index in [1.807, 2.05) is 0 Å². The van der Waals surface area contributed by atoms with Gasteiger partial charge in [0.15, 0.2) is 0 Å². The van der Waals surface area contributed by atoms with Crippen LogP contribution in [0.25, 0.3) is 0 Å². The first-order valence-electron chi connectivity index (χ1n) is 5.80. The van der Waals surface area contributed by atoms with Crippen molar-refractivity contribution in [1.29, 1.82) is 0 Å². The number of nitrogens with zero attached hydrogens (tertiary/aromatic N) is 1. The van der Waals surface area contributed by atoms with Gasteiger partial charge in [0.1, 0.15) is 6.04 Å². The Morgan fingerprint density at radius 1 is 1.50 bits per heavy atom. The van der Waals surface area contributed by atoms with E-state index in [0.29, 0.717) is 5.00 Å². The van der Waals surface area contributed by atoms with Gasteiger partial charge in [-0.25, -0.2) is 4.79 Å². The van der Waals surface area contributed by atoms with Crippen LogP contribution in [0.1, 0.15) is 13.3 Å². The maximum Gasteiger partial charge on any atom is 0.328 e. The fourth-order valence-electron chi connectivity index (χ4n) is 1.63. The number of carboxylic acid groups (broad SMARTS) is 1. The molecule has 0 aliphatic heterocycles. The molecule has 0 spiro atoms. The first-order valence-corrected chi connectivity index (χ1v) is 6.68. The maximum atomic E-state index is 12.3. The summed E-state index contributed by atoms with van der Waals surface area (Å²) in [6.45, 7) is 1.50. The molecule has 0 aliphatic rings. The Morgan fingerprint density at radius 2 is 2.15 bits per heavy atom. The lowest BCUT2D eigenvalue weighted by Gasteiger charge is -2.28. The van der Waals surface area contributed by atoms with E-state index in [4.69, 9.17) is 10.8 Å². The van der Waals surface area contributed by atoms with E-state index in [0.717, 1.165) is 0 Å². The van der Waals surface area contributed by atoms with Gasteiger partial charge in [-0.1, -0.05) is 0 Å². The molecule has 0 bridgehead atoms. The van der Waals surface area contributed by atoms with Gasteiger partial charge < -0.3 is 15.6 Å². The second kappa shape index (κ2) is 7.01. The van der Waals surface area contributed by atoms with Crippen LogP contribution in [0.3, 0.4) is 0 Å². The second-order valence-electron chi connectivity index (χ2n) is 4.06. The summed E-state index contributed by atoms with van der Waals surface area (Å²) in [5.74, 6) is -2.41. The number of hydrogen-bond donors (Lipinski definition) is 2. The van der Waals surface area contributed by atoms with Crippen LogP contribution in [0, 0.1) is 0 Å². The van der Waals surface area contributed by atoms with Gasteiger partial charge in [0.2, 0.25) is 5.91 Å². The Kier molecular flexibility index (Phi) is 5.66. The van der Waals surface area contributed by atoms with Gasteiger partial charge in [0, 0.05) is 0 Å². The van der Waals surface area contributed by atoms with E-state index in [-0.39, 0.29) is 0 Å². The minimum atomic E-state index is -1.22. The van der Waals surface area contributed by atoms with Crippen LogP contribution < -0.4 is 10.6 Å². The fourth-order valence-corrected chi connectivity index (χ4v) is 2.44. The van der Waals surface area contributed by atoms with Crippen LogP contribution in [-0.4, -0.2) is 42.1 Å². The molecule has 0 saturated heterocycles. The number of carbonyl (C=O) groups excluding carboxylic acids is 2. The van der Waals surface area contributed by atoms with E-state index in [2.05, 4.69) is 4.74 Å². The average Bonchev–Trinajstić information content (AvgIpc) is 2.90. The maximum absolute atomic E-state index is 12.3. The average molecular weight is 300 g/mol. The predicted molar refractivity (Wildman–Crippen MR) is 73.5 cm³/mol. The molecule has 1 heterocycles. The van der Waals surface area contributed by atoms with Crippen LogP contribution in [0.5, 0.6) is 0 Å². The summed E-state index contributed by atoms with van der Waals surface area (Å²) in [5.41, 5.74) is 5.59. The summed E-state index contributed by atoms with van der Waals surface area (Å²) >= 11 is 1.25. The van der Waals surface area contributed by atoms with E-state index >= 15 is 0 Å². The van der Waals surface area contributed by atoms with Crippen LogP contribution >= 0.6 is 11.3 Å². The molecule has 0 saturated carbocycles. The molecule has 0 radical (unpaired) electrons. The number of thiophene rings is 1. The number of aliphatic carboxylic acids is 1. The van der Waals surface area contributed by atoms with E-state index in [1.165, 1.54) is 30.3 Å². The SMILES string of the molecule is COC(=O)[C@H](C)N(C(=O)[C@@H](N)CC(=O)O)c1cccs1. The van der Waals surface area contributed by atoms with Crippen molar-refractivity contribution in [3.63, 3.8) is 0 Å². The molecule has 3 N–H and O–H groups in total. The second-order valence-corrected chi connectivity index (χ2v) is 4.99. The summed E-state index contributed by atoms with van der Waals surface area (Å²) < 4.78 is 4.62. The molecule has 1 rings (SSSR count).